The second-order valence-electron chi connectivity index (χ2n) is 7.75. The van der Waals surface area contributed by atoms with Crippen LogP contribution >= 0.6 is 0 Å². The number of hydrogen-bond donors (Lipinski definition) is 3. The lowest BCUT2D eigenvalue weighted by molar-refractivity contribution is -0.142. The largest absolute Gasteiger partial charge is 0.481 e. The molecule has 0 radical (unpaired) electrons. The fourth-order valence-electron chi connectivity index (χ4n) is 3.80. The highest BCUT2D eigenvalue weighted by Gasteiger charge is 2.27. The summed E-state index contributed by atoms with van der Waals surface area (Å²) in [7, 11) is 0. The van der Waals surface area contributed by atoms with Crippen molar-refractivity contribution >= 4 is 29.3 Å². The summed E-state index contributed by atoms with van der Waals surface area (Å²) in [6.07, 6.45) is 2.38. The second kappa shape index (κ2) is 9.31. The third-order valence-corrected chi connectivity index (χ3v) is 5.58. The normalized spacial score (nSPS) is 18.0. The molecule has 1 aromatic heterocycles. The fourth-order valence-corrected chi connectivity index (χ4v) is 3.80. The van der Waals surface area contributed by atoms with Crippen LogP contribution in [-0.2, 0) is 4.79 Å². The Morgan fingerprint density at radius 1 is 0.939 bits per heavy atom. The first-order chi connectivity index (χ1) is 15.8. The van der Waals surface area contributed by atoms with Gasteiger partial charge in [0.05, 0.1) is 11.6 Å². The van der Waals surface area contributed by atoms with Crippen molar-refractivity contribution < 1.29 is 32.3 Å². The highest BCUT2D eigenvalue weighted by atomic mass is 19.2. The number of hydrogen-bond acceptors (Lipinski definition) is 6. The summed E-state index contributed by atoms with van der Waals surface area (Å²) in [5.74, 6) is -5.17. The number of rotatable bonds is 6. The molecule has 0 saturated heterocycles. The van der Waals surface area contributed by atoms with Crippen molar-refractivity contribution in [1.82, 2.24) is 10.2 Å². The van der Waals surface area contributed by atoms with Crippen LogP contribution in [0.5, 0.6) is 0 Å². The van der Waals surface area contributed by atoms with Crippen molar-refractivity contribution in [2.45, 2.75) is 31.6 Å². The quantitative estimate of drug-likeness (QED) is 0.482. The van der Waals surface area contributed by atoms with E-state index in [1.807, 2.05) is 0 Å². The Morgan fingerprint density at radius 3 is 2.36 bits per heavy atom. The van der Waals surface area contributed by atoms with E-state index in [2.05, 4.69) is 20.8 Å². The average Bonchev–Trinajstić information content (AvgIpc) is 3.26. The number of anilines is 3. The maximum Gasteiger partial charge on any atom is 0.320 e. The molecule has 2 aromatic carbocycles. The van der Waals surface area contributed by atoms with E-state index in [1.54, 1.807) is 6.07 Å². The Hall–Kier alpha value is -3.89. The van der Waals surface area contributed by atoms with E-state index >= 15 is 0 Å². The number of aliphatic carboxylic acids is 1. The topological polar surface area (TPSA) is 117 Å². The second-order valence-corrected chi connectivity index (χ2v) is 7.75. The van der Waals surface area contributed by atoms with Gasteiger partial charge in [-0.3, -0.25) is 9.59 Å². The van der Waals surface area contributed by atoms with Gasteiger partial charge in [0.25, 0.3) is 0 Å². The Labute approximate surface area is 185 Å². The van der Waals surface area contributed by atoms with E-state index in [0.29, 0.717) is 25.7 Å². The number of carboxylic acids is 1. The highest BCUT2D eigenvalue weighted by molar-refractivity contribution is 6.01. The molecular weight excluding hydrogens is 441 g/mol. The number of amides is 1. The van der Waals surface area contributed by atoms with Gasteiger partial charge in [0.15, 0.2) is 11.6 Å². The maximum atomic E-state index is 14.6. The lowest BCUT2D eigenvalue weighted by Crippen LogP contribution is -2.20. The van der Waals surface area contributed by atoms with Gasteiger partial charge >= 0.3 is 23.8 Å². The number of nitrogens with one attached hydrogen (secondary N) is 2. The van der Waals surface area contributed by atoms with Crippen LogP contribution in [-0.4, -0.2) is 27.2 Å². The molecule has 1 amide bonds. The van der Waals surface area contributed by atoms with Crippen LogP contribution in [0.3, 0.4) is 0 Å². The van der Waals surface area contributed by atoms with E-state index in [9.17, 15) is 22.8 Å². The molecular formula is C22H19F3N4O4. The van der Waals surface area contributed by atoms with Crippen LogP contribution in [0.4, 0.5) is 30.6 Å². The first-order valence-corrected chi connectivity index (χ1v) is 10.2. The Balaban J connectivity index is 1.38. The van der Waals surface area contributed by atoms with Gasteiger partial charge in [-0.1, -0.05) is 11.2 Å². The lowest BCUT2D eigenvalue weighted by atomic mass is 9.79. The minimum Gasteiger partial charge on any atom is -0.481 e. The highest BCUT2D eigenvalue weighted by Crippen LogP contribution is 2.36. The molecule has 0 bridgehead atoms. The van der Waals surface area contributed by atoms with Crippen LogP contribution in [0.1, 0.15) is 47.8 Å². The molecule has 1 saturated carbocycles. The predicted molar refractivity (Wildman–Crippen MR) is 111 cm³/mol. The number of carbonyl (C=O) groups is 2. The summed E-state index contributed by atoms with van der Waals surface area (Å²) in [6, 6.07) is 7.23. The number of carbonyl (C=O) groups excluding carboxylic acids is 1. The van der Waals surface area contributed by atoms with Gasteiger partial charge in [0, 0.05) is 11.8 Å². The summed E-state index contributed by atoms with van der Waals surface area (Å²) in [6.45, 7) is 0. The average molecular weight is 460 g/mol. The van der Waals surface area contributed by atoms with Crippen molar-refractivity contribution in [2.24, 2.45) is 5.92 Å². The molecule has 1 fully saturated rings. The molecule has 11 heteroatoms. The van der Waals surface area contributed by atoms with Crippen molar-refractivity contribution in [3.63, 3.8) is 0 Å². The molecule has 172 valence electrons. The Kier molecular flexibility index (Phi) is 6.29. The summed E-state index contributed by atoms with van der Waals surface area (Å²) in [5, 5.41) is 21.1. The molecule has 1 aliphatic carbocycles. The first-order valence-electron chi connectivity index (χ1n) is 10.2. The standard InChI is InChI=1S/C22H19F3N4O4/c23-15-7-6-14(10-16(15)24)26-22-29-28-20(33-22)19(30)27-18-8-5-13(9-17(18)25)11-1-3-12(4-2-11)21(31)32/h5-12H,1-4H2,(H,26,29)(H,27,30)(H,31,32)/t11-,12+. The van der Waals surface area contributed by atoms with Crippen LogP contribution in [0, 0.1) is 23.4 Å². The smallest absolute Gasteiger partial charge is 0.320 e. The van der Waals surface area contributed by atoms with Crippen molar-refractivity contribution in [3.8, 4) is 0 Å². The molecule has 3 aromatic rings. The van der Waals surface area contributed by atoms with Gasteiger partial charge in [-0.25, -0.2) is 13.2 Å². The third-order valence-electron chi connectivity index (χ3n) is 5.58. The van der Waals surface area contributed by atoms with Gasteiger partial charge in [-0.05, 0) is 61.4 Å². The first kappa shape index (κ1) is 22.3. The maximum absolute atomic E-state index is 14.6. The number of nitrogens with zero attached hydrogens (tertiary/aromatic N) is 2. The van der Waals surface area contributed by atoms with E-state index < -0.39 is 35.2 Å². The number of carboxylic acid groups (broad SMARTS) is 1. The molecule has 33 heavy (non-hydrogen) atoms. The van der Waals surface area contributed by atoms with Crippen LogP contribution < -0.4 is 10.6 Å². The van der Waals surface area contributed by atoms with E-state index in [0.717, 1.165) is 17.7 Å². The molecule has 1 heterocycles. The minimum atomic E-state index is -1.08. The van der Waals surface area contributed by atoms with Crippen LogP contribution in [0.15, 0.2) is 40.8 Å². The monoisotopic (exact) mass is 460 g/mol. The lowest BCUT2D eigenvalue weighted by Gasteiger charge is -2.26. The zero-order chi connectivity index (χ0) is 23.5. The molecule has 0 aliphatic heterocycles. The molecule has 8 nitrogen and oxygen atoms in total. The van der Waals surface area contributed by atoms with E-state index in [-0.39, 0.29) is 29.2 Å². The molecule has 3 N–H and O–H groups in total. The number of aromatic nitrogens is 2. The molecule has 1 aliphatic rings. The van der Waals surface area contributed by atoms with Gasteiger partial charge in [0.1, 0.15) is 5.82 Å². The van der Waals surface area contributed by atoms with Gasteiger partial charge in [-0.2, -0.15) is 0 Å². The number of benzene rings is 2. The molecule has 4 rings (SSSR count). The Bertz CT molecular complexity index is 1190. The summed E-state index contributed by atoms with van der Waals surface area (Å²) in [4.78, 5) is 23.4. The summed E-state index contributed by atoms with van der Waals surface area (Å²) in [5.41, 5.74) is 0.782. The number of halogens is 3. The Morgan fingerprint density at radius 2 is 1.70 bits per heavy atom. The zero-order valence-corrected chi connectivity index (χ0v) is 17.1. The van der Waals surface area contributed by atoms with E-state index in [1.165, 1.54) is 18.2 Å². The van der Waals surface area contributed by atoms with Crippen molar-refractivity contribution in [3.05, 3.63) is 65.3 Å². The van der Waals surface area contributed by atoms with Crippen molar-refractivity contribution in [1.29, 1.82) is 0 Å². The summed E-state index contributed by atoms with van der Waals surface area (Å²) < 4.78 is 46.0. The zero-order valence-electron chi connectivity index (χ0n) is 17.1. The summed E-state index contributed by atoms with van der Waals surface area (Å²) >= 11 is 0. The van der Waals surface area contributed by atoms with Gasteiger partial charge in [-0.15, -0.1) is 5.10 Å². The molecule has 0 atom stereocenters. The van der Waals surface area contributed by atoms with Gasteiger partial charge < -0.3 is 20.2 Å². The third kappa shape index (κ3) is 5.13. The molecule has 0 unspecified atom stereocenters. The fraction of sp³-hybridized carbons (Fsp3) is 0.273. The minimum absolute atomic E-state index is 0.0562. The van der Waals surface area contributed by atoms with E-state index in [4.69, 9.17) is 9.52 Å². The van der Waals surface area contributed by atoms with Crippen LogP contribution in [0.25, 0.3) is 0 Å². The van der Waals surface area contributed by atoms with Crippen molar-refractivity contribution in [2.75, 3.05) is 10.6 Å². The van der Waals surface area contributed by atoms with Gasteiger partial charge in [0.2, 0.25) is 0 Å². The SMILES string of the molecule is O=C(Nc1ccc([C@H]2CC[C@@H](C(=O)O)CC2)cc1F)c1nnc(Nc2ccc(F)c(F)c2)o1. The van der Waals surface area contributed by atoms with Crippen LogP contribution in [0.2, 0.25) is 0 Å². The predicted octanol–water partition coefficient (Wildman–Crippen LogP) is 4.84. The molecule has 0 spiro atoms.